The van der Waals surface area contributed by atoms with Crippen molar-refractivity contribution < 1.29 is 18.3 Å². The topological polar surface area (TPSA) is 86.7 Å². The molecule has 1 unspecified atom stereocenters. The minimum absolute atomic E-state index is 0.00871. The van der Waals surface area contributed by atoms with Gasteiger partial charge in [0.05, 0.1) is 5.02 Å². The maximum atomic E-state index is 12.8. The minimum atomic E-state index is -3.97. The largest absolute Gasteiger partial charge is 0.367 e. The molecule has 3 rings (SSSR count). The Balaban J connectivity index is 1.92. The van der Waals surface area contributed by atoms with Crippen LogP contribution in [0.2, 0.25) is 10.0 Å². The first-order valence-electron chi connectivity index (χ1n) is 8.17. The van der Waals surface area contributed by atoms with Crippen LogP contribution in [-0.4, -0.2) is 31.4 Å². The summed E-state index contributed by atoms with van der Waals surface area (Å²) in [5.74, 6) is -0.214. The zero-order valence-corrected chi connectivity index (χ0v) is 16.8. The fraction of sp³-hybridized carbons (Fsp3) is 0.278. The second-order valence-corrected chi connectivity index (χ2v) is 8.88. The molecular weight excluding hydrogens is 411 g/mol. The lowest BCUT2D eigenvalue weighted by Crippen LogP contribution is -2.40. The van der Waals surface area contributed by atoms with Gasteiger partial charge in [-0.15, -0.1) is 0 Å². The summed E-state index contributed by atoms with van der Waals surface area (Å²) in [5, 5.41) is 11.3. The van der Waals surface area contributed by atoms with E-state index in [1.54, 1.807) is 24.3 Å². The molecule has 27 heavy (non-hydrogen) atoms. The van der Waals surface area contributed by atoms with E-state index in [2.05, 4.69) is 4.72 Å². The van der Waals surface area contributed by atoms with Gasteiger partial charge in [-0.2, -0.15) is 0 Å². The molecule has 1 aliphatic rings. The smallest absolute Gasteiger partial charge is 0.242 e. The van der Waals surface area contributed by atoms with Crippen LogP contribution in [0.4, 0.5) is 0 Å². The van der Waals surface area contributed by atoms with E-state index >= 15 is 0 Å². The van der Waals surface area contributed by atoms with Gasteiger partial charge in [0.2, 0.25) is 15.9 Å². The van der Waals surface area contributed by atoms with Crippen LogP contribution in [0.25, 0.3) is 0 Å². The molecular formula is C18H18Cl2N2O4S. The van der Waals surface area contributed by atoms with Crippen LogP contribution in [0.3, 0.4) is 0 Å². The van der Waals surface area contributed by atoms with Crippen LogP contribution in [0.15, 0.2) is 47.4 Å². The van der Waals surface area contributed by atoms with Crippen LogP contribution in [0, 0.1) is 0 Å². The highest BCUT2D eigenvalue weighted by molar-refractivity contribution is 7.89. The summed E-state index contributed by atoms with van der Waals surface area (Å²) < 4.78 is 28.0. The van der Waals surface area contributed by atoms with Gasteiger partial charge in [-0.25, -0.2) is 13.1 Å². The van der Waals surface area contributed by atoms with Crippen molar-refractivity contribution in [3.8, 4) is 0 Å². The number of amides is 1. The molecule has 0 saturated carbocycles. The Labute approximate surface area is 167 Å². The van der Waals surface area contributed by atoms with Crippen LogP contribution < -0.4 is 4.72 Å². The van der Waals surface area contributed by atoms with Gasteiger partial charge in [0, 0.05) is 37.0 Å². The number of aliphatic hydroxyl groups is 1. The lowest BCUT2D eigenvalue weighted by Gasteiger charge is -2.31. The maximum absolute atomic E-state index is 12.8. The molecule has 2 aromatic rings. The van der Waals surface area contributed by atoms with Crippen LogP contribution in [0.5, 0.6) is 0 Å². The normalized spacial score (nSPS) is 20.3. The minimum Gasteiger partial charge on any atom is -0.367 e. The number of carbonyl (C=O) groups is 1. The third kappa shape index (κ3) is 3.83. The summed E-state index contributed by atoms with van der Waals surface area (Å²) in [7, 11) is -2.49. The molecule has 0 bridgehead atoms. The second kappa shape index (κ2) is 7.41. The third-order valence-electron chi connectivity index (χ3n) is 4.71. The summed E-state index contributed by atoms with van der Waals surface area (Å²) in [4.78, 5) is 12.8. The lowest BCUT2D eigenvalue weighted by molar-refractivity contribution is -0.142. The van der Waals surface area contributed by atoms with Crippen molar-refractivity contribution in [1.82, 2.24) is 9.62 Å². The Bertz CT molecular complexity index is 997. The van der Waals surface area contributed by atoms with Gasteiger partial charge in [-0.3, -0.25) is 4.79 Å². The van der Waals surface area contributed by atoms with E-state index in [0.717, 1.165) is 0 Å². The molecule has 1 atom stereocenters. The van der Waals surface area contributed by atoms with Gasteiger partial charge < -0.3 is 10.0 Å². The molecule has 9 heteroatoms. The number of likely N-dealkylation sites (tertiary alicyclic amines) is 1. The van der Waals surface area contributed by atoms with E-state index in [0.29, 0.717) is 16.1 Å². The SMILES string of the molecule is CN1C(=O)CCC1(O)c1ccc(Cl)c(S(=O)(=O)NCc2ccccc2Cl)c1. The van der Waals surface area contributed by atoms with Crippen molar-refractivity contribution in [3.05, 3.63) is 63.6 Å². The molecule has 0 aromatic heterocycles. The van der Waals surface area contributed by atoms with E-state index in [1.807, 2.05) is 0 Å². The number of halogens is 2. The van der Waals surface area contributed by atoms with Crippen LogP contribution in [0.1, 0.15) is 24.0 Å². The number of benzene rings is 2. The molecule has 1 amide bonds. The second-order valence-electron chi connectivity index (χ2n) is 6.33. The van der Waals surface area contributed by atoms with E-state index in [9.17, 15) is 18.3 Å². The summed E-state index contributed by atoms with van der Waals surface area (Å²) in [6, 6.07) is 11.1. The monoisotopic (exact) mass is 428 g/mol. The highest BCUT2D eigenvalue weighted by Crippen LogP contribution is 2.38. The van der Waals surface area contributed by atoms with E-state index in [4.69, 9.17) is 23.2 Å². The van der Waals surface area contributed by atoms with Gasteiger partial charge in [-0.05, 0) is 23.8 Å². The van der Waals surface area contributed by atoms with Crippen molar-refractivity contribution in [2.45, 2.75) is 30.0 Å². The van der Waals surface area contributed by atoms with Crippen molar-refractivity contribution in [2.24, 2.45) is 0 Å². The predicted molar refractivity (Wildman–Crippen MR) is 103 cm³/mol. The standard InChI is InChI=1S/C18H18Cl2N2O4S/c1-22-17(23)8-9-18(22,24)13-6-7-15(20)16(10-13)27(25,26)21-11-12-4-2-3-5-14(12)19/h2-7,10,21,24H,8-9,11H2,1H3. The molecule has 0 aliphatic carbocycles. The maximum Gasteiger partial charge on any atom is 0.242 e. The highest BCUT2D eigenvalue weighted by atomic mass is 35.5. The number of nitrogens with zero attached hydrogens (tertiary/aromatic N) is 1. The average molecular weight is 429 g/mol. The van der Waals surface area contributed by atoms with Gasteiger partial charge in [0.15, 0.2) is 5.72 Å². The summed E-state index contributed by atoms with van der Waals surface area (Å²) in [6.45, 7) is -0.00871. The first-order chi connectivity index (χ1) is 12.6. The Morgan fingerprint density at radius 2 is 1.89 bits per heavy atom. The molecule has 144 valence electrons. The van der Waals surface area contributed by atoms with Gasteiger partial charge in [-0.1, -0.05) is 47.5 Å². The van der Waals surface area contributed by atoms with Crippen molar-refractivity contribution in [3.63, 3.8) is 0 Å². The molecule has 2 N–H and O–H groups in total. The van der Waals surface area contributed by atoms with Crippen LogP contribution in [-0.2, 0) is 27.1 Å². The van der Waals surface area contributed by atoms with E-state index in [1.165, 1.54) is 30.1 Å². The average Bonchev–Trinajstić information content (AvgIpc) is 2.90. The Morgan fingerprint density at radius 1 is 1.19 bits per heavy atom. The molecule has 2 aromatic carbocycles. The predicted octanol–water partition coefficient (Wildman–Crippen LogP) is 2.87. The summed E-state index contributed by atoms with van der Waals surface area (Å²) >= 11 is 12.2. The molecule has 1 fully saturated rings. The zero-order valence-electron chi connectivity index (χ0n) is 14.4. The van der Waals surface area contributed by atoms with Gasteiger partial charge >= 0.3 is 0 Å². The van der Waals surface area contributed by atoms with Crippen LogP contribution >= 0.6 is 23.2 Å². The van der Waals surface area contributed by atoms with E-state index < -0.39 is 15.7 Å². The third-order valence-corrected chi connectivity index (χ3v) is 6.96. The van der Waals surface area contributed by atoms with Gasteiger partial charge in [0.25, 0.3) is 0 Å². The quantitative estimate of drug-likeness (QED) is 0.766. The number of hydrogen-bond donors (Lipinski definition) is 2. The Kier molecular flexibility index (Phi) is 5.52. The Morgan fingerprint density at radius 3 is 2.52 bits per heavy atom. The van der Waals surface area contributed by atoms with Crippen molar-refractivity contribution in [2.75, 3.05) is 7.05 Å². The number of carbonyl (C=O) groups excluding carboxylic acids is 1. The van der Waals surface area contributed by atoms with Gasteiger partial charge in [0.1, 0.15) is 4.90 Å². The van der Waals surface area contributed by atoms with E-state index in [-0.39, 0.29) is 35.2 Å². The number of sulfonamides is 1. The fourth-order valence-electron chi connectivity index (χ4n) is 3.01. The summed E-state index contributed by atoms with van der Waals surface area (Å²) in [5.41, 5.74) is -0.651. The number of rotatable bonds is 5. The molecule has 1 heterocycles. The summed E-state index contributed by atoms with van der Waals surface area (Å²) in [6.07, 6.45) is 0.360. The molecule has 0 spiro atoms. The molecule has 1 saturated heterocycles. The first kappa shape index (κ1) is 20.1. The van der Waals surface area contributed by atoms with Crippen molar-refractivity contribution >= 4 is 39.1 Å². The Hall–Kier alpha value is -1.64. The number of nitrogens with one attached hydrogen (secondary N) is 1. The molecule has 6 nitrogen and oxygen atoms in total. The number of hydrogen-bond acceptors (Lipinski definition) is 4. The highest BCUT2D eigenvalue weighted by Gasteiger charge is 2.43. The lowest BCUT2D eigenvalue weighted by atomic mass is 10.0. The molecule has 0 radical (unpaired) electrons. The molecule has 1 aliphatic heterocycles. The fourth-order valence-corrected chi connectivity index (χ4v) is 4.74. The first-order valence-corrected chi connectivity index (χ1v) is 10.4. The zero-order chi connectivity index (χ0) is 19.8. The van der Waals surface area contributed by atoms with Crippen molar-refractivity contribution in [1.29, 1.82) is 0 Å².